The van der Waals surface area contributed by atoms with Gasteiger partial charge in [-0.2, -0.15) is 0 Å². The van der Waals surface area contributed by atoms with E-state index in [-0.39, 0.29) is 0 Å². The van der Waals surface area contributed by atoms with Gasteiger partial charge in [0.2, 0.25) is 11.9 Å². The molecule has 0 radical (unpaired) electrons. The fraction of sp³-hybridized carbons (Fsp3) is 0.286. The molecule has 1 aromatic heterocycles. The number of aromatic nitrogens is 2. The summed E-state index contributed by atoms with van der Waals surface area (Å²) >= 11 is 0. The maximum absolute atomic E-state index is 4.67. The fourth-order valence-electron chi connectivity index (χ4n) is 3.22. The summed E-state index contributed by atoms with van der Waals surface area (Å²) in [6.45, 7) is 8.41. The minimum absolute atomic E-state index is 0.576. The number of aliphatic imine (C=N–C) groups is 1. The lowest BCUT2D eigenvalue weighted by molar-refractivity contribution is 0.256. The SMILES string of the molecule is Cc1ccc(CN2CN=C(Nc3nc(C)c4cccc(C)c4n3)NC2)cc1. The van der Waals surface area contributed by atoms with Crippen LogP contribution in [-0.2, 0) is 6.54 Å². The molecule has 0 saturated carbocycles. The first kappa shape index (κ1) is 17.4. The van der Waals surface area contributed by atoms with Gasteiger partial charge in [-0.3, -0.25) is 10.2 Å². The number of rotatable bonds is 3. The van der Waals surface area contributed by atoms with Crippen LogP contribution in [0.25, 0.3) is 10.9 Å². The lowest BCUT2D eigenvalue weighted by atomic mass is 10.1. The third-order valence-corrected chi connectivity index (χ3v) is 4.77. The zero-order valence-corrected chi connectivity index (χ0v) is 16.0. The Bertz CT molecular complexity index is 993. The van der Waals surface area contributed by atoms with Gasteiger partial charge in [-0.15, -0.1) is 0 Å². The van der Waals surface area contributed by atoms with Crippen molar-refractivity contribution >= 4 is 22.8 Å². The van der Waals surface area contributed by atoms with Crippen LogP contribution in [0.15, 0.2) is 47.5 Å². The Kier molecular flexibility index (Phi) is 4.73. The number of hydrogen-bond donors (Lipinski definition) is 2. The van der Waals surface area contributed by atoms with Gasteiger partial charge < -0.3 is 5.32 Å². The molecule has 0 fully saturated rings. The molecule has 0 atom stereocenters. The molecule has 3 aromatic rings. The first-order chi connectivity index (χ1) is 13.1. The highest BCUT2D eigenvalue weighted by molar-refractivity contribution is 5.93. The molecule has 1 aliphatic heterocycles. The number of guanidine groups is 1. The van der Waals surface area contributed by atoms with Crippen LogP contribution < -0.4 is 10.6 Å². The van der Waals surface area contributed by atoms with Gasteiger partial charge in [0.25, 0.3) is 0 Å². The van der Waals surface area contributed by atoms with Gasteiger partial charge in [0.05, 0.1) is 24.5 Å². The van der Waals surface area contributed by atoms with E-state index in [9.17, 15) is 0 Å². The summed E-state index contributed by atoms with van der Waals surface area (Å²) < 4.78 is 0. The van der Waals surface area contributed by atoms with E-state index in [1.54, 1.807) is 0 Å². The zero-order chi connectivity index (χ0) is 18.8. The van der Waals surface area contributed by atoms with Gasteiger partial charge in [0.15, 0.2) is 0 Å². The second-order valence-electron chi connectivity index (χ2n) is 7.03. The van der Waals surface area contributed by atoms with Crippen LogP contribution in [0.2, 0.25) is 0 Å². The van der Waals surface area contributed by atoms with Crippen molar-refractivity contribution in [3.8, 4) is 0 Å². The molecular formula is C21H24N6. The molecule has 0 bridgehead atoms. The van der Waals surface area contributed by atoms with Crippen molar-refractivity contribution in [2.45, 2.75) is 27.3 Å². The van der Waals surface area contributed by atoms with Gasteiger partial charge in [0.1, 0.15) is 0 Å². The minimum Gasteiger partial charge on any atom is -0.343 e. The van der Waals surface area contributed by atoms with Crippen molar-refractivity contribution in [3.63, 3.8) is 0 Å². The quantitative estimate of drug-likeness (QED) is 0.750. The molecule has 0 aliphatic carbocycles. The van der Waals surface area contributed by atoms with Crippen molar-refractivity contribution < 1.29 is 0 Å². The molecule has 6 nitrogen and oxygen atoms in total. The van der Waals surface area contributed by atoms with E-state index in [1.165, 1.54) is 11.1 Å². The molecular weight excluding hydrogens is 336 g/mol. The molecule has 6 heteroatoms. The van der Waals surface area contributed by atoms with Crippen LogP contribution in [0, 0.1) is 20.8 Å². The summed E-state index contributed by atoms with van der Waals surface area (Å²) in [7, 11) is 0. The van der Waals surface area contributed by atoms with E-state index >= 15 is 0 Å². The Morgan fingerprint density at radius 1 is 1.04 bits per heavy atom. The Labute approximate surface area is 159 Å². The molecule has 0 unspecified atom stereocenters. The van der Waals surface area contributed by atoms with Crippen molar-refractivity contribution in [2.24, 2.45) is 4.99 Å². The normalized spacial score (nSPS) is 14.7. The number of fused-ring (bicyclic) bond motifs is 1. The van der Waals surface area contributed by atoms with Crippen LogP contribution in [-0.4, -0.2) is 34.2 Å². The molecule has 0 saturated heterocycles. The number of anilines is 1. The second-order valence-corrected chi connectivity index (χ2v) is 7.03. The van der Waals surface area contributed by atoms with Crippen LogP contribution in [0.4, 0.5) is 5.95 Å². The Hall–Kier alpha value is -2.99. The van der Waals surface area contributed by atoms with Crippen LogP contribution in [0.5, 0.6) is 0 Å². The Balaban J connectivity index is 1.45. The standard InChI is InChI=1S/C21H24N6/c1-14-7-9-17(10-8-14)11-27-12-22-20(23-13-27)26-21-24-16(3)18-6-4-5-15(2)19(18)25-21/h4-10H,11-13H2,1-3H3,(H2,22,23,24,25,26). The number of benzene rings is 2. The Morgan fingerprint density at radius 3 is 2.59 bits per heavy atom. The highest BCUT2D eigenvalue weighted by atomic mass is 15.4. The van der Waals surface area contributed by atoms with Crippen molar-refractivity contribution in [2.75, 3.05) is 18.7 Å². The van der Waals surface area contributed by atoms with E-state index in [1.807, 2.05) is 13.0 Å². The lowest BCUT2D eigenvalue weighted by Crippen LogP contribution is -2.45. The monoisotopic (exact) mass is 360 g/mol. The first-order valence-corrected chi connectivity index (χ1v) is 9.16. The lowest BCUT2D eigenvalue weighted by Gasteiger charge is -2.27. The molecule has 0 amide bonds. The number of hydrogen-bond acceptors (Lipinski definition) is 6. The van der Waals surface area contributed by atoms with Gasteiger partial charge >= 0.3 is 0 Å². The number of aryl methyl sites for hydroxylation is 3. The Morgan fingerprint density at radius 2 is 1.85 bits per heavy atom. The average Bonchev–Trinajstić information content (AvgIpc) is 2.66. The van der Waals surface area contributed by atoms with E-state index in [0.29, 0.717) is 18.6 Å². The molecule has 4 rings (SSSR count). The molecule has 2 aromatic carbocycles. The van der Waals surface area contributed by atoms with Crippen molar-refractivity contribution in [3.05, 3.63) is 64.8 Å². The molecule has 138 valence electrons. The van der Waals surface area contributed by atoms with Crippen molar-refractivity contribution in [1.82, 2.24) is 20.2 Å². The highest BCUT2D eigenvalue weighted by Crippen LogP contribution is 2.20. The highest BCUT2D eigenvalue weighted by Gasteiger charge is 2.14. The van der Waals surface area contributed by atoms with Gasteiger partial charge in [-0.25, -0.2) is 15.0 Å². The summed E-state index contributed by atoms with van der Waals surface area (Å²) in [6, 6.07) is 14.8. The van der Waals surface area contributed by atoms with E-state index in [0.717, 1.165) is 35.4 Å². The summed E-state index contributed by atoms with van der Waals surface area (Å²) in [5.41, 5.74) is 5.65. The first-order valence-electron chi connectivity index (χ1n) is 9.16. The minimum atomic E-state index is 0.576. The summed E-state index contributed by atoms with van der Waals surface area (Å²) in [4.78, 5) is 16.1. The topological polar surface area (TPSA) is 65.4 Å². The summed E-state index contributed by atoms with van der Waals surface area (Å²) in [6.07, 6.45) is 0. The molecule has 2 heterocycles. The second kappa shape index (κ2) is 7.32. The third-order valence-electron chi connectivity index (χ3n) is 4.77. The average molecular weight is 360 g/mol. The van der Waals surface area contributed by atoms with Crippen LogP contribution >= 0.6 is 0 Å². The zero-order valence-electron chi connectivity index (χ0n) is 16.0. The number of para-hydroxylation sites is 1. The van der Waals surface area contributed by atoms with Gasteiger partial charge in [0, 0.05) is 11.9 Å². The molecule has 1 aliphatic rings. The predicted octanol–water partition coefficient (Wildman–Crippen LogP) is 3.34. The molecule has 2 N–H and O–H groups in total. The summed E-state index contributed by atoms with van der Waals surface area (Å²) in [5.74, 6) is 1.29. The smallest absolute Gasteiger partial charge is 0.230 e. The molecule has 0 spiro atoms. The maximum Gasteiger partial charge on any atom is 0.230 e. The predicted molar refractivity (Wildman–Crippen MR) is 110 cm³/mol. The molecule has 27 heavy (non-hydrogen) atoms. The van der Waals surface area contributed by atoms with Crippen LogP contribution in [0.1, 0.15) is 22.4 Å². The van der Waals surface area contributed by atoms with E-state index in [2.05, 4.69) is 80.7 Å². The fourth-order valence-corrected chi connectivity index (χ4v) is 3.22. The maximum atomic E-state index is 4.67. The van der Waals surface area contributed by atoms with E-state index in [4.69, 9.17) is 0 Å². The number of nitrogens with zero attached hydrogens (tertiary/aromatic N) is 4. The summed E-state index contributed by atoms with van der Waals surface area (Å²) in [5, 5.41) is 7.63. The van der Waals surface area contributed by atoms with Crippen molar-refractivity contribution in [1.29, 1.82) is 0 Å². The van der Waals surface area contributed by atoms with Crippen LogP contribution in [0.3, 0.4) is 0 Å². The largest absolute Gasteiger partial charge is 0.343 e. The van der Waals surface area contributed by atoms with Gasteiger partial charge in [-0.05, 0) is 31.9 Å². The third kappa shape index (κ3) is 3.90. The van der Waals surface area contributed by atoms with E-state index < -0.39 is 0 Å². The number of nitrogens with one attached hydrogen (secondary N) is 2. The van der Waals surface area contributed by atoms with Gasteiger partial charge in [-0.1, -0.05) is 48.0 Å².